The standard InChI is InChI=1S/C14H19N3O2S/c1-9(2)20-8-13-16-14(19-17-13)12(15)7-10-3-5-11(18)6-4-10/h3-6,9,12,18H,7-8,15H2,1-2H3. The van der Waals surface area contributed by atoms with Crippen LogP contribution < -0.4 is 5.73 Å². The van der Waals surface area contributed by atoms with Crippen LogP contribution in [-0.4, -0.2) is 20.5 Å². The molecule has 1 atom stereocenters. The predicted octanol–water partition coefficient (Wildman–Crippen LogP) is 2.66. The summed E-state index contributed by atoms with van der Waals surface area (Å²) in [5, 5.41) is 13.7. The van der Waals surface area contributed by atoms with Gasteiger partial charge in [-0.25, -0.2) is 0 Å². The molecule has 1 aromatic heterocycles. The maximum Gasteiger partial charge on any atom is 0.243 e. The molecule has 5 nitrogen and oxygen atoms in total. The van der Waals surface area contributed by atoms with Gasteiger partial charge in [-0.3, -0.25) is 0 Å². The molecule has 0 aliphatic rings. The zero-order chi connectivity index (χ0) is 14.5. The van der Waals surface area contributed by atoms with Gasteiger partial charge in [0.1, 0.15) is 5.75 Å². The first kappa shape index (κ1) is 14.9. The number of aromatic hydroxyl groups is 1. The van der Waals surface area contributed by atoms with E-state index in [2.05, 4.69) is 24.0 Å². The first-order valence-corrected chi connectivity index (χ1v) is 7.57. The SMILES string of the molecule is CC(C)SCc1noc(C(N)Cc2ccc(O)cc2)n1. The molecule has 0 saturated heterocycles. The average molecular weight is 293 g/mol. The molecule has 0 fully saturated rings. The summed E-state index contributed by atoms with van der Waals surface area (Å²) in [5.74, 6) is 2.11. The average Bonchev–Trinajstić information content (AvgIpc) is 2.88. The Balaban J connectivity index is 1.95. The van der Waals surface area contributed by atoms with Crippen molar-refractivity contribution in [2.45, 2.75) is 37.3 Å². The lowest BCUT2D eigenvalue weighted by molar-refractivity contribution is 0.351. The fourth-order valence-electron chi connectivity index (χ4n) is 1.69. The summed E-state index contributed by atoms with van der Waals surface area (Å²) in [7, 11) is 0. The zero-order valence-corrected chi connectivity index (χ0v) is 12.4. The van der Waals surface area contributed by atoms with Gasteiger partial charge >= 0.3 is 0 Å². The number of phenolic OH excluding ortho intramolecular Hbond substituents is 1. The van der Waals surface area contributed by atoms with E-state index in [1.807, 2.05) is 12.1 Å². The molecule has 0 spiro atoms. The Kier molecular flexibility index (Phi) is 5.03. The fraction of sp³-hybridized carbons (Fsp3) is 0.429. The Labute approximate surface area is 122 Å². The Morgan fingerprint density at radius 1 is 1.30 bits per heavy atom. The van der Waals surface area contributed by atoms with Crippen LogP contribution in [0.2, 0.25) is 0 Å². The van der Waals surface area contributed by atoms with Crippen molar-refractivity contribution in [2.75, 3.05) is 0 Å². The lowest BCUT2D eigenvalue weighted by Gasteiger charge is -2.06. The van der Waals surface area contributed by atoms with Crippen LogP contribution in [0.25, 0.3) is 0 Å². The third kappa shape index (κ3) is 4.25. The number of nitrogens with zero attached hydrogens (tertiary/aromatic N) is 2. The molecule has 2 aromatic rings. The maximum absolute atomic E-state index is 9.24. The second kappa shape index (κ2) is 6.76. The largest absolute Gasteiger partial charge is 0.508 e. The van der Waals surface area contributed by atoms with Gasteiger partial charge in [-0.2, -0.15) is 16.7 Å². The molecule has 0 aliphatic carbocycles. The number of benzene rings is 1. The van der Waals surface area contributed by atoms with Crippen LogP contribution in [0.15, 0.2) is 28.8 Å². The third-order valence-electron chi connectivity index (χ3n) is 2.74. The van der Waals surface area contributed by atoms with Crippen molar-refractivity contribution in [1.29, 1.82) is 0 Å². The van der Waals surface area contributed by atoms with Crippen LogP contribution in [-0.2, 0) is 12.2 Å². The van der Waals surface area contributed by atoms with Crippen LogP contribution in [0.4, 0.5) is 0 Å². The quantitative estimate of drug-likeness (QED) is 0.851. The minimum atomic E-state index is -0.329. The molecule has 0 bridgehead atoms. The summed E-state index contributed by atoms with van der Waals surface area (Å²) >= 11 is 1.76. The molecule has 0 saturated carbocycles. The van der Waals surface area contributed by atoms with E-state index in [-0.39, 0.29) is 11.8 Å². The number of aromatic nitrogens is 2. The number of hydrogen-bond acceptors (Lipinski definition) is 6. The highest BCUT2D eigenvalue weighted by molar-refractivity contribution is 7.99. The van der Waals surface area contributed by atoms with E-state index in [1.165, 1.54) is 0 Å². The highest BCUT2D eigenvalue weighted by Crippen LogP contribution is 2.19. The molecular weight excluding hydrogens is 274 g/mol. The van der Waals surface area contributed by atoms with Crippen molar-refractivity contribution in [1.82, 2.24) is 10.1 Å². The first-order chi connectivity index (χ1) is 9.54. The second-order valence-electron chi connectivity index (χ2n) is 4.89. The van der Waals surface area contributed by atoms with Gasteiger partial charge in [0.15, 0.2) is 5.82 Å². The highest BCUT2D eigenvalue weighted by atomic mass is 32.2. The number of hydrogen-bond donors (Lipinski definition) is 2. The number of thioether (sulfide) groups is 1. The van der Waals surface area contributed by atoms with Gasteiger partial charge < -0.3 is 15.4 Å². The Hall–Kier alpha value is -1.53. The van der Waals surface area contributed by atoms with E-state index < -0.39 is 0 Å². The molecular formula is C14H19N3O2S. The van der Waals surface area contributed by atoms with Crippen molar-refractivity contribution < 1.29 is 9.63 Å². The van der Waals surface area contributed by atoms with Gasteiger partial charge in [0.2, 0.25) is 5.89 Å². The summed E-state index contributed by atoms with van der Waals surface area (Å²) in [6, 6.07) is 6.62. The molecule has 1 unspecified atom stereocenters. The maximum atomic E-state index is 9.24. The molecule has 1 heterocycles. The van der Waals surface area contributed by atoms with Crippen LogP contribution >= 0.6 is 11.8 Å². The van der Waals surface area contributed by atoms with E-state index in [4.69, 9.17) is 10.3 Å². The fourth-order valence-corrected chi connectivity index (χ4v) is 2.29. The van der Waals surface area contributed by atoms with E-state index in [9.17, 15) is 5.11 Å². The van der Waals surface area contributed by atoms with Gasteiger partial charge in [0.25, 0.3) is 0 Å². The molecule has 6 heteroatoms. The molecule has 1 aromatic carbocycles. The van der Waals surface area contributed by atoms with E-state index in [0.717, 1.165) is 11.3 Å². The van der Waals surface area contributed by atoms with Crippen molar-refractivity contribution >= 4 is 11.8 Å². The van der Waals surface area contributed by atoms with Crippen molar-refractivity contribution in [3.05, 3.63) is 41.5 Å². The first-order valence-electron chi connectivity index (χ1n) is 6.52. The molecule has 3 N–H and O–H groups in total. The molecule has 20 heavy (non-hydrogen) atoms. The summed E-state index contributed by atoms with van der Waals surface area (Å²) in [6.45, 7) is 4.25. The lowest BCUT2D eigenvalue weighted by atomic mass is 10.1. The van der Waals surface area contributed by atoms with Gasteiger partial charge in [-0.15, -0.1) is 0 Å². The molecule has 2 rings (SSSR count). The number of nitrogens with two attached hydrogens (primary N) is 1. The molecule has 108 valence electrons. The Bertz CT molecular complexity index is 540. The van der Waals surface area contributed by atoms with Crippen LogP contribution in [0.1, 0.15) is 37.2 Å². The minimum Gasteiger partial charge on any atom is -0.508 e. The smallest absolute Gasteiger partial charge is 0.243 e. The summed E-state index contributed by atoms with van der Waals surface area (Å²) in [5.41, 5.74) is 7.09. The molecule has 0 amide bonds. The van der Waals surface area contributed by atoms with Gasteiger partial charge in [-0.1, -0.05) is 31.1 Å². The summed E-state index contributed by atoms with van der Waals surface area (Å²) < 4.78 is 5.21. The normalized spacial score (nSPS) is 12.8. The monoisotopic (exact) mass is 293 g/mol. The second-order valence-corrected chi connectivity index (χ2v) is 6.45. The van der Waals surface area contributed by atoms with Gasteiger partial charge in [0, 0.05) is 0 Å². The van der Waals surface area contributed by atoms with E-state index >= 15 is 0 Å². The van der Waals surface area contributed by atoms with E-state index in [1.54, 1.807) is 23.9 Å². The van der Waals surface area contributed by atoms with E-state index in [0.29, 0.717) is 23.4 Å². The predicted molar refractivity (Wildman–Crippen MR) is 79.5 cm³/mol. The number of phenols is 1. The number of rotatable bonds is 6. The summed E-state index contributed by atoms with van der Waals surface area (Å²) in [4.78, 5) is 4.32. The van der Waals surface area contributed by atoms with Gasteiger partial charge in [-0.05, 0) is 29.4 Å². The lowest BCUT2D eigenvalue weighted by Crippen LogP contribution is -2.13. The van der Waals surface area contributed by atoms with Crippen molar-refractivity contribution in [3.8, 4) is 5.75 Å². The van der Waals surface area contributed by atoms with Gasteiger partial charge in [0.05, 0.1) is 11.8 Å². The molecule has 0 radical (unpaired) electrons. The highest BCUT2D eigenvalue weighted by Gasteiger charge is 2.15. The third-order valence-corrected chi connectivity index (χ3v) is 3.83. The zero-order valence-electron chi connectivity index (χ0n) is 11.6. The molecule has 0 aliphatic heterocycles. The minimum absolute atomic E-state index is 0.244. The summed E-state index contributed by atoms with van der Waals surface area (Å²) in [6.07, 6.45) is 0.596. The van der Waals surface area contributed by atoms with Crippen LogP contribution in [0.3, 0.4) is 0 Å². The topological polar surface area (TPSA) is 85.2 Å². The van der Waals surface area contributed by atoms with Crippen LogP contribution in [0, 0.1) is 0 Å². The Morgan fingerprint density at radius 3 is 2.65 bits per heavy atom. The van der Waals surface area contributed by atoms with Crippen LogP contribution in [0.5, 0.6) is 5.75 Å². The van der Waals surface area contributed by atoms with Crippen molar-refractivity contribution in [3.63, 3.8) is 0 Å². The van der Waals surface area contributed by atoms with Crippen molar-refractivity contribution in [2.24, 2.45) is 5.73 Å². The Morgan fingerprint density at radius 2 is 2.00 bits per heavy atom.